The molecule has 0 saturated carbocycles. The summed E-state index contributed by atoms with van der Waals surface area (Å²) in [5.41, 5.74) is 4.93. The molecule has 3 N–H and O–H groups in total. The maximum Gasteiger partial charge on any atom is 0.408 e. The second-order valence-electron chi connectivity index (χ2n) is 13.8. The first-order valence-electron chi connectivity index (χ1n) is 16.3. The number of anilines is 1. The van der Waals surface area contributed by atoms with Crippen LogP contribution in [0.15, 0.2) is 22.7 Å². The van der Waals surface area contributed by atoms with Crippen molar-refractivity contribution in [2.24, 2.45) is 17.6 Å². The summed E-state index contributed by atoms with van der Waals surface area (Å²) in [7, 11) is 0. The Balaban J connectivity index is 1.31. The van der Waals surface area contributed by atoms with E-state index in [2.05, 4.69) is 27.3 Å². The third-order valence-electron chi connectivity index (χ3n) is 8.71. The molecular formula is C33H49FN6O6. The van der Waals surface area contributed by atoms with E-state index in [1.165, 1.54) is 11.0 Å². The highest BCUT2D eigenvalue weighted by Crippen LogP contribution is 2.30. The number of carbonyl (C=O) groups is 3. The van der Waals surface area contributed by atoms with E-state index in [1.54, 1.807) is 32.9 Å². The quantitative estimate of drug-likeness (QED) is 0.338. The number of piperidine rings is 1. The van der Waals surface area contributed by atoms with Crippen molar-refractivity contribution in [3.05, 3.63) is 35.4 Å². The lowest BCUT2D eigenvalue weighted by atomic mass is 9.84. The summed E-state index contributed by atoms with van der Waals surface area (Å²) in [5, 5.41) is 6.65. The molecule has 2 aromatic rings. The lowest BCUT2D eigenvalue weighted by molar-refractivity contribution is -0.139. The molecular weight excluding hydrogens is 595 g/mol. The zero-order valence-electron chi connectivity index (χ0n) is 27.9. The van der Waals surface area contributed by atoms with E-state index < -0.39 is 41.4 Å². The van der Waals surface area contributed by atoms with Crippen molar-refractivity contribution >= 4 is 23.9 Å². The molecule has 3 atom stereocenters. The molecule has 0 aliphatic carbocycles. The molecule has 2 unspecified atom stereocenters. The van der Waals surface area contributed by atoms with Gasteiger partial charge in [-0.05, 0) is 76.3 Å². The first-order valence-corrected chi connectivity index (χ1v) is 16.3. The molecule has 0 radical (unpaired) electrons. The second-order valence-corrected chi connectivity index (χ2v) is 13.8. The zero-order chi connectivity index (χ0) is 33.6. The number of amides is 3. The topological polar surface area (TPSA) is 153 Å². The van der Waals surface area contributed by atoms with Crippen LogP contribution in [0, 0.1) is 17.7 Å². The molecule has 3 amide bonds. The average Bonchev–Trinajstić information content (AvgIpc) is 3.68. The van der Waals surface area contributed by atoms with Crippen LogP contribution in [0.3, 0.4) is 0 Å². The monoisotopic (exact) mass is 644 g/mol. The standard InChI is InChI=1S/C33H49FN6O6/c1-20(2)29-37-31(46-38-29)39-15-11-22(12-16-39)21(3)13-17-44-24-10-9-23(25(34)19-24)18-26(36-32(43)45-33(4,5)6)30(42)40-14-7-8-27(40)28(35)41/h9-10,19-22,26-27H,7-8,11-18H2,1-6H3,(H2,35,41)(H,36,43)/t21?,26-,27?/m0/s1. The number of halogens is 1. The van der Waals surface area contributed by atoms with Gasteiger partial charge in [-0.1, -0.05) is 32.0 Å². The van der Waals surface area contributed by atoms with Crippen molar-refractivity contribution in [2.45, 2.75) is 104 Å². The Kier molecular flexibility index (Phi) is 11.5. The van der Waals surface area contributed by atoms with E-state index in [0.29, 0.717) is 49.6 Å². The van der Waals surface area contributed by atoms with Gasteiger partial charge in [0, 0.05) is 38.0 Å². The summed E-state index contributed by atoms with van der Waals surface area (Å²) in [5.74, 6) is 0.595. The highest BCUT2D eigenvalue weighted by atomic mass is 19.1. The molecule has 2 saturated heterocycles. The summed E-state index contributed by atoms with van der Waals surface area (Å²) >= 11 is 0. The van der Waals surface area contributed by atoms with Gasteiger partial charge in [-0.3, -0.25) is 9.59 Å². The molecule has 3 heterocycles. The van der Waals surface area contributed by atoms with E-state index in [4.69, 9.17) is 19.7 Å². The minimum absolute atomic E-state index is 0.135. The van der Waals surface area contributed by atoms with Gasteiger partial charge in [0.25, 0.3) is 0 Å². The van der Waals surface area contributed by atoms with Crippen LogP contribution in [0.2, 0.25) is 0 Å². The summed E-state index contributed by atoms with van der Waals surface area (Å²) < 4.78 is 32.0. The number of ether oxygens (including phenoxy) is 2. The van der Waals surface area contributed by atoms with Gasteiger partial charge in [0.15, 0.2) is 5.82 Å². The molecule has 2 aliphatic heterocycles. The van der Waals surface area contributed by atoms with Crippen molar-refractivity contribution in [1.29, 1.82) is 0 Å². The normalized spacial score (nSPS) is 18.8. The van der Waals surface area contributed by atoms with Gasteiger partial charge in [0.1, 0.15) is 29.3 Å². The van der Waals surface area contributed by atoms with E-state index in [9.17, 15) is 14.4 Å². The Morgan fingerprint density at radius 2 is 1.85 bits per heavy atom. The number of benzene rings is 1. The Hall–Kier alpha value is -3.90. The summed E-state index contributed by atoms with van der Waals surface area (Å²) in [6.45, 7) is 13.9. The van der Waals surface area contributed by atoms with Crippen LogP contribution >= 0.6 is 0 Å². The fourth-order valence-electron chi connectivity index (χ4n) is 6.03. The number of hydrogen-bond acceptors (Lipinski definition) is 9. The van der Waals surface area contributed by atoms with Crippen molar-refractivity contribution in [2.75, 3.05) is 31.1 Å². The van der Waals surface area contributed by atoms with Crippen LogP contribution in [0.25, 0.3) is 0 Å². The van der Waals surface area contributed by atoms with Crippen molar-refractivity contribution in [3.8, 4) is 5.75 Å². The van der Waals surface area contributed by atoms with E-state index >= 15 is 4.39 Å². The first-order chi connectivity index (χ1) is 21.7. The van der Waals surface area contributed by atoms with Crippen LogP contribution in [0.5, 0.6) is 5.75 Å². The van der Waals surface area contributed by atoms with Crippen LogP contribution in [-0.4, -0.2) is 76.9 Å². The number of nitrogens with zero attached hydrogens (tertiary/aromatic N) is 4. The predicted octanol–water partition coefficient (Wildman–Crippen LogP) is 4.57. The lowest BCUT2D eigenvalue weighted by Gasteiger charge is -2.33. The first kappa shape index (κ1) is 35.0. The Morgan fingerprint density at radius 3 is 2.46 bits per heavy atom. The number of primary amides is 1. The Morgan fingerprint density at radius 1 is 1.13 bits per heavy atom. The fourth-order valence-corrected chi connectivity index (χ4v) is 6.03. The number of aromatic nitrogens is 2. The number of carbonyl (C=O) groups excluding carboxylic acids is 3. The molecule has 12 nitrogen and oxygen atoms in total. The van der Waals surface area contributed by atoms with Gasteiger partial charge >= 0.3 is 12.1 Å². The fraction of sp³-hybridized carbons (Fsp3) is 0.667. The van der Waals surface area contributed by atoms with Crippen molar-refractivity contribution < 1.29 is 32.8 Å². The van der Waals surface area contributed by atoms with Gasteiger partial charge in [-0.2, -0.15) is 4.98 Å². The average molecular weight is 645 g/mol. The number of alkyl carbamates (subject to hydrolysis) is 1. The van der Waals surface area contributed by atoms with Crippen LogP contribution in [0.1, 0.15) is 91.0 Å². The van der Waals surface area contributed by atoms with Crippen molar-refractivity contribution in [3.63, 3.8) is 0 Å². The van der Waals surface area contributed by atoms with E-state index in [-0.39, 0.29) is 17.9 Å². The third-order valence-corrected chi connectivity index (χ3v) is 8.71. The van der Waals surface area contributed by atoms with Gasteiger partial charge in [-0.25, -0.2) is 9.18 Å². The van der Waals surface area contributed by atoms with Crippen LogP contribution in [0.4, 0.5) is 15.2 Å². The number of nitrogens with two attached hydrogens (primary N) is 1. The molecule has 0 bridgehead atoms. The summed E-state index contributed by atoms with van der Waals surface area (Å²) in [4.78, 5) is 46.0. The maximum atomic E-state index is 15.3. The van der Waals surface area contributed by atoms with E-state index in [1.807, 2.05) is 13.8 Å². The van der Waals surface area contributed by atoms with Gasteiger partial charge in [0.2, 0.25) is 11.8 Å². The van der Waals surface area contributed by atoms with Gasteiger partial charge in [0.05, 0.1) is 6.61 Å². The predicted molar refractivity (Wildman–Crippen MR) is 170 cm³/mol. The van der Waals surface area contributed by atoms with Crippen LogP contribution in [-0.2, 0) is 20.7 Å². The molecule has 2 fully saturated rings. The number of likely N-dealkylation sites (tertiary alicyclic amines) is 1. The Labute approximate surface area is 270 Å². The minimum Gasteiger partial charge on any atom is -0.493 e. The molecule has 0 spiro atoms. The molecule has 2 aliphatic rings. The number of hydrogen-bond donors (Lipinski definition) is 2. The van der Waals surface area contributed by atoms with Crippen molar-refractivity contribution in [1.82, 2.24) is 20.4 Å². The summed E-state index contributed by atoms with van der Waals surface area (Å²) in [6.07, 6.45) is 2.95. The molecule has 1 aromatic carbocycles. The molecule has 254 valence electrons. The second kappa shape index (κ2) is 15.1. The van der Waals surface area contributed by atoms with Gasteiger partial charge < -0.3 is 34.8 Å². The smallest absolute Gasteiger partial charge is 0.408 e. The zero-order valence-corrected chi connectivity index (χ0v) is 27.9. The SMILES string of the molecule is CC(C)c1noc(N2CCC(C(C)CCOc3ccc(C[C@H](NC(=O)OC(C)(C)C)C(=O)N4CCCC4C(N)=O)c(F)c3)CC2)n1. The van der Waals surface area contributed by atoms with E-state index in [0.717, 1.165) is 38.2 Å². The number of nitrogens with one attached hydrogen (secondary N) is 1. The van der Waals surface area contributed by atoms with Gasteiger partial charge in [-0.15, -0.1) is 0 Å². The molecule has 1 aromatic heterocycles. The lowest BCUT2D eigenvalue weighted by Crippen LogP contribution is -2.54. The highest BCUT2D eigenvalue weighted by molar-refractivity contribution is 5.91. The Bertz CT molecular complexity index is 1350. The highest BCUT2D eigenvalue weighted by Gasteiger charge is 2.37. The maximum absolute atomic E-state index is 15.3. The molecule has 4 rings (SSSR count). The molecule has 46 heavy (non-hydrogen) atoms. The summed E-state index contributed by atoms with van der Waals surface area (Å²) in [6, 6.07) is 3.18. The number of rotatable bonds is 12. The largest absolute Gasteiger partial charge is 0.493 e. The minimum atomic E-state index is -1.15. The third kappa shape index (κ3) is 9.32. The molecule has 13 heteroatoms. The van der Waals surface area contributed by atoms with Crippen LogP contribution < -0.4 is 20.7 Å².